The van der Waals surface area contributed by atoms with Crippen molar-refractivity contribution in [3.8, 4) is 5.75 Å². The summed E-state index contributed by atoms with van der Waals surface area (Å²) in [6, 6.07) is 7.11. The lowest BCUT2D eigenvalue weighted by molar-refractivity contribution is -0.157. The number of ether oxygens (including phenoxy) is 3. The molecule has 24 heavy (non-hydrogen) atoms. The molecule has 0 spiro atoms. The number of carbonyl (C=O) groups excluding carboxylic acids is 2. The highest BCUT2D eigenvalue weighted by atomic mass is 16.6. The van der Waals surface area contributed by atoms with Crippen LogP contribution in [0.15, 0.2) is 29.3 Å². The van der Waals surface area contributed by atoms with E-state index >= 15 is 0 Å². The van der Waals surface area contributed by atoms with Crippen molar-refractivity contribution in [2.24, 2.45) is 10.9 Å². The van der Waals surface area contributed by atoms with E-state index < -0.39 is 17.9 Å². The fourth-order valence-corrected chi connectivity index (χ4v) is 1.81. The number of esters is 2. The first-order valence-corrected chi connectivity index (χ1v) is 8.22. The Kier molecular flexibility index (Phi) is 9.19. The molecule has 1 aromatic rings. The van der Waals surface area contributed by atoms with Crippen LogP contribution in [-0.2, 0) is 19.1 Å². The van der Waals surface area contributed by atoms with E-state index in [1.807, 2.05) is 0 Å². The normalized spacial score (nSPS) is 10.8. The summed E-state index contributed by atoms with van der Waals surface area (Å²) in [5.41, 5.74) is 0.608. The van der Waals surface area contributed by atoms with Crippen LogP contribution in [0.2, 0.25) is 0 Å². The number of hydrogen-bond donors (Lipinski definition) is 0. The van der Waals surface area contributed by atoms with Gasteiger partial charge in [0.25, 0.3) is 0 Å². The van der Waals surface area contributed by atoms with Gasteiger partial charge in [-0.2, -0.15) is 0 Å². The van der Waals surface area contributed by atoms with E-state index in [4.69, 9.17) is 14.2 Å². The topological polar surface area (TPSA) is 74.2 Å². The van der Waals surface area contributed by atoms with Gasteiger partial charge in [0.2, 0.25) is 0 Å². The smallest absolute Gasteiger partial charge is 0.325 e. The number of rotatable bonds is 10. The van der Waals surface area contributed by atoms with E-state index in [0.29, 0.717) is 12.3 Å². The van der Waals surface area contributed by atoms with Crippen molar-refractivity contribution in [2.45, 2.75) is 33.6 Å². The van der Waals surface area contributed by atoms with Crippen molar-refractivity contribution >= 4 is 23.8 Å². The highest BCUT2D eigenvalue weighted by Crippen LogP contribution is 2.18. The van der Waals surface area contributed by atoms with Crippen molar-refractivity contribution < 1.29 is 23.8 Å². The summed E-state index contributed by atoms with van der Waals surface area (Å²) in [6.45, 7) is 6.50. The summed E-state index contributed by atoms with van der Waals surface area (Å²) in [6.07, 6.45) is 3.33. The predicted molar refractivity (Wildman–Crippen MR) is 91.8 cm³/mol. The molecule has 0 atom stereocenters. The number of carbonyl (C=O) groups is 2. The first-order valence-electron chi connectivity index (χ1n) is 8.22. The van der Waals surface area contributed by atoms with Gasteiger partial charge in [-0.3, -0.25) is 14.6 Å². The molecule has 0 saturated carbocycles. The van der Waals surface area contributed by atoms with E-state index in [2.05, 4.69) is 11.9 Å². The van der Waals surface area contributed by atoms with Crippen LogP contribution >= 0.6 is 0 Å². The second-order valence-corrected chi connectivity index (χ2v) is 4.96. The molecule has 0 saturated heterocycles. The van der Waals surface area contributed by atoms with E-state index in [0.717, 1.165) is 18.6 Å². The van der Waals surface area contributed by atoms with Gasteiger partial charge in [-0.15, -0.1) is 0 Å². The monoisotopic (exact) mass is 335 g/mol. The molecule has 0 N–H and O–H groups in total. The number of unbranched alkanes of at least 4 members (excludes halogenated alkanes) is 1. The minimum absolute atomic E-state index is 0.187. The largest absolute Gasteiger partial charge is 0.494 e. The van der Waals surface area contributed by atoms with Crippen molar-refractivity contribution in [3.05, 3.63) is 24.3 Å². The molecule has 0 fully saturated rings. The lowest BCUT2D eigenvalue weighted by Gasteiger charge is -2.10. The predicted octanol–water partition coefficient (Wildman–Crippen LogP) is 3.31. The first-order chi connectivity index (χ1) is 11.6. The van der Waals surface area contributed by atoms with Crippen LogP contribution in [0.25, 0.3) is 0 Å². The fourth-order valence-electron chi connectivity index (χ4n) is 1.81. The summed E-state index contributed by atoms with van der Waals surface area (Å²) in [5, 5.41) is 0. The second-order valence-electron chi connectivity index (χ2n) is 4.96. The van der Waals surface area contributed by atoms with Crippen LogP contribution in [-0.4, -0.2) is 38.0 Å². The Morgan fingerprint density at radius 3 is 2.12 bits per heavy atom. The van der Waals surface area contributed by atoms with Crippen LogP contribution in [0.5, 0.6) is 5.75 Å². The van der Waals surface area contributed by atoms with Gasteiger partial charge < -0.3 is 14.2 Å². The standard InChI is InChI=1S/C18H25NO5/c1-4-7-12-24-15-10-8-14(9-11-15)19-13-16(17(20)22-5-2)18(21)23-6-3/h8-11,13,16H,4-7,12H2,1-3H3. The molecule has 1 aromatic carbocycles. The third-order valence-corrected chi connectivity index (χ3v) is 3.06. The molecular formula is C18H25NO5. The molecule has 1 rings (SSSR count). The molecule has 132 valence electrons. The van der Waals surface area contributed by atoms with E-state index in [9.17, 15) is 9.59 Å². The molecule has 0 bridgehead atoms. The zero-order chi connectivity index (χ0) is 17.8. The zero-order valence-electron chi connectivity index (χ0n) is 14.5. The molecule has 0 heterocycles. The molecule has 0 aromatic heterocycles. The van der Waals surface area contributed by atoms with Gasteiger partial charge in [0, 0.05) is 6.21 Å². The molecule has 0 aliphatic rings. The Labute approximate surface area is 142 Å². The molecular weight excluding hydrogens is 310 g/mol. The Bertz CT molecular complexity index is 521. The van der Waals surface area contributed by atoms with Gasteiger partial charge in [-0.1, -0.05) is 13.3 Å². The minimum atomic E-state index is -1.16. The summed E-state index contributed by atoms with van der Waals surface area (Å²) < 4.78 is 15.3. The van der Waals surface area contributed by atoms with E-state index in [1.54, 1.807) is 38.1 Å². The van der Waals surface area contributed by atoms with Crippen molar-refractivity contribution in [3.63, 3.8) is 0 Å². The van der Waals surface area contributed by atoms with Crippen LogP contribution in [0.3, 0.4) is 0 Å². The number of aliphatic imine (C=N–C) groups is 1. The molecule has 6 heteroatoms. The van der Waals surface area contributed by atoms with Crippen LogP contribution in [0, 0.1) is 5.92 Å². The molecule has 0 aliphatic carbocycles. The summed E-state index contributed by atoms with van der Waals surface area (Å²) in [4.78, 5) is 27.9. The minimum Gasteiger partial charge on any atom is -0.494 e. The number of hydrogen-bond acceptors (Lipinski definition) is 6. The maximum absolute atomic E-state index is 11.8. The Hall–Kier alpha value is -2.37. The Morgan fingerprint density at radius 1 is 1.04 bits per heavy atom. The number of benzene rings is 1. The lowest BCUT2D eigenvalue weighted by Crippen LogP contribution is -2.29. The highest BCUT2D eigenvalue weighted by Gasteiger charge is 2.27. The SMILES string of the molecule is CCCCOc1ccc(N=CC(C(=O)OCC)C(=O)OCC)cc1. The van der Waals surface area contributed by atoms with Gasteiger partial charge in [-0.05, 0) is 44.5 Å². The Balaban J connectivity index is 2.74. The molecule has 0 unspecified atom stereocenters. The average molecular weight is 335 g/mol. The van der Waals surface area contributed by atoms with Gasteiger partial charge in [-0.25, -0.2) is 0 Å². The quantitative estimate of drug-likeness (QED) is 0.284. The van der Waals surface area contributed by atoms with Crippen molar-refractivity contribution in [2.75, 3.05) is 19.8 Å². The van der Waals surface area contributed by atoms with Gasteiger partial charge in [0.1, 0.15) is 5.75 Å². The third kappa shape index (κ3) is 6.81. The maximum Gasteiger partial charge on any atom is 0.325 e. The van der Waals surface area contributed by atoms with E-state index in [-0.39, 0.29) is 13.2 Å². The molecule has 6 nitrogen and oxygen atoms in total. The molecule has 0 aliphatic heterocycles. The van der Waals surface area contributed by atoms with Crippen molar-refractivity contribution in [1.29, 1.82) is 0 Å². The lowest BCUT2D eigenvalue weighted by atomic mass is 10.1. The first kappa shape index (κ1) is 19.7. The van der Waals surface area contributed by atoms with Crippen molar-refractivity contribution in [1.82, 2.24) is 0 Å². The van der Waals surface area contributed by atoms with Crippen LogP contribution in [0.4, 0.5) is 5.69 Å². The summed E-state index contributed by atoms with van der Waals surface area (Å²) in [7, 11) is 0. The van der Waals surface area contributed by atoms with Gasteiger partial charge in [0.15, 0.2) is 5.92 Å². The summed E-state index contributed by atoms with van der Waals surface area (Å²) >= 11 is 0. The van der Waals surface area contributed by atoms with E-state index in [1.165, 1.54) is 6.21 Å². The fraction of sp³-hybridized carbons (Fsp3) is 0.500. The van der Waals surface area contributed by atoms with Crippen LogP contribution < -0.4 is 4.74 Å². The van der Waals surface area contributed by atoms with Gasteiger partial charge in [0.05, 0.1) is 25.5 Å². The average Bonchev–Trinajstić information content (AvgIpc) is 2.57. The molecule has 0 amide bonds. The summed E-state index contributed by atoms with van der Waals surface area (Å²) in [5.74, 6) is -1.74. The van der Waals surface area contributed by atoms with Crippen LogP contribution in [0.1, 0.15) is 33.6 Å². The second kappa shape index (κ2) is 11.2. The third-order valence-electron chi connectivity index (χ3n) is 3.06. The Morgan fingerprint density at radius 2 is 1.62 bits per heavy atom. The highest BCUT2D eigenvalue weighted by molar-refractivity contribution is 6.09. The molecule has 0 radical (unpaired) electrons. The maximum atomic E-state index is 11.8. The van der Waals surface area contributed by atoms with Gasteiger partial charge >= 0.3 is 11.9 Å². The zero-order valence-corrected chi connectivity index (χ0v) is 14.5. The number of nitrogens with zero attached hydrogens (tertiary/aromatic N) is 1.